The molecule has 1 aromatic carbocycles. The average Bonchev–Trinajstić information content (AvgIpc) is 3.21. The molecule has 2 atom stereocenters. The molecule has 146 valence electrons. The zero-order valence-electron chi connectivity index (χ0n) is 14.2. The molecule has 1 aromatic rings. The Morgan fingerprint density at radius 2 is 1.89 bits per heavy atom. The van der Waals surface area contributed by atoms with E-state index in [1.54, 1.807) is 24.3 Å². The van der Waals surface area contributed by atoms with Gasteiger partial charge in [0, 0.05) is 26.1 Å². The van der Waals surface area contributed by atoms with Gasteiger partial charge in [-0.25, -0.2) is 4.79 Å². The molecule has 0 aliphatic carbocycles. The summed E-state index contributed by atoms with van der Waals surface area (Å²) in [4.78, 5) is 37.9. The molecule has 0 bridgehead atoms. The third-order valence-corrected chi connectivity index (χ3v) is 4.85. The molecular formula is C17H18F3N3O4. The first kappa shape index (κ1) is 19.0. The normalized spacial score (nSPS) is 23.0. The summed E-state index contributed by atoms with van der Waals surface area (Å²) in [6, 6.07) is 5.67. The molecule has 2 fully saturated rings. The summed E-state index contributed by atoms with van der Waals surface area (Å²) in [6.07, 6.45) is -3.64. The number of likely N-dealkylation sites (tertiary alicyclic amines) is 1. The lowest BCUT2D eigenvalue weighted by atomic mass is 9.96. The van der Waals surface area contributed by atoms with Crippen molar-refractivity contribution in [2.75, 3.05) is 29.9 Å². The van der Waals surface area contributed by atoms with Crippen molar-refractivity contribution < 1.29 is 32.7 Å². The number of anilines is 2. The molecule has 3 rings (SSSR count). The number of carbonyl (C=O) groups excluding carboxylic acids is 2. The fourth-order valence-corrected chi connectivity index (χ4v) is 3.46. The summed E-state index contributed by atoms with van der Waals surface area (Å²) >= 11 is 0. The van der Waals surface area contributed by atoms with Crippen LogP contribution in [0.4, 0.5) is 29.3 Å². The topological polar surface area (TPSA) is 89.9 Å². The van der Waals surface area contributed by atoms with Crippen LogP contribution < -0.4 is 10.2 Å². The molecule has 0 aromatic heterocycles. The number of amides is 3. The van der Waals surface area contributed by atoms with Crippen molar-refractivity contribution in [3.05, 3.63) is 24.3 Å². The van der Waals surface area contributed by atoms with Crippen LogP contribution in [0.25, 0.3) is 0 Å². The molecule has 2 heterocycles. The summed E-state index contributed by atoms with van der Waals surface area (Å²) in [7, 11) is 0. The van der Waals surface area contributed by atoms with Crippen LogP contribution in [0.5, 0.6) is 0 Å². The number of alkyl halides is 3. The van der Waals surface area contributed by atoms with Crippen LogP contribution in [-0.2, 0) is 9.59 Å². The van der Waals surface area contributed by atoms with Crippen LogP contribution in [-0.4, -0.2) is 53.7 Å². The average molecular weight is 385 g/mol. The van der Waals surface area contributed by atoms with E-state index in [2.05, 4.69) is 5.32 Å². The molecule has 2 aliphatic rings. The van der Waals surface area contributed by atoms with Crippen LogP contribution in [0.2, 0.25) is 0 Å². The molecule has 2 aliphatic heterocycles. The van der Waals surface area contributed by atoms with E-state index in [4.69, 9.17) is 5.11 Å². The third-order valence-electron chi connectivity index (χ3n) is 4.85. The molecule has 2 saturated heterocycles. The van der Waals surface area contributed by atoms with Gasteiger partial charge in [0.1, 0.15) is 0 Å². The maximum Gasteiger partial charge on any atom is 0.394 e. The van der Waals surface area contributed by atoms with Crippen molar-refractivity contribution in [3.8, 4) is 0 Å². The van der Waals surface area contributed by atoms with E-state index in [0.29, 0.717) is 30.8 Å². The van der Waals surface area contributed by atoms with Gasteiger partial charge in [-0.3, -0.25) is 9.59 Å². The summed E-state index contributed by atoms with van der Waals surface area (Å²) in [6.45, 7) is -0.764. The van der Waals surface area contributed by atoms with Crippen molar-refractivity contribution in [3.63, 3.8) is 0 Å². The van der Waals surface area contributed by atoms with Gasteiger partial charge in [-0.05, 0) is 18.6 Å². The molecule has 3 amide bonds. The van der Waals surface area contributed by atoms with Gasteiger partial charge in [0.25, 0.3) is 0 Å². The highest BCUT2D eigenvalue weighted by Gasteiger charge is 2.53. The number of aliphatic carboxylic acids is 1. The van der Waals surface area contributed by atoms with Crippen LogP contribution in [0, 0.1) is 11.8 Å². The van der Waals surface area contributed by atoms with Crippen LogP contribution >= 0.6 is 0 Å². The Bertz CT molecular complexity index is 768. The monoisotopic (exact) mass is 385 g/mol. The number of para-hydroxylation sites is 2. The lowest BCUT2D eigenvalue weighted by Gasteiger charge is -2.22. The van der Waals surface area contributed by atoms with Gasteiger partial charge in [-0.2, -0.15) is 13.2 Å². The quantitative estimate of drug-likeness (QED) is 0.837. The zero-order valence-corrected chi connectivity index (χ0v) is 14.2. The number of carboxylic acids is 1. The van der Waals surface area contributed by atoms with Gasteiger partial charge in [-0.15, -0.1) is 0 Å². The fraction of sp³-hybridized carbons (Fsp3) is 0.471. The second-order valence-corrected chi connectivity index (χ2v) is 6.59. The summed E-state index contributed by atoms with van der Waals surface area (Å²) in [5, 5.41) is 11.6. The van der Waals surface area contributed by atoms with E-state index in [1.165, 1.54) is 4.90 Å². The van der Waals surface area contributed by atoms with Crippen LogP contribution in [0.15, 0.2) is 24.3 Å². The van der Waals surface area contributed by atoms with Crippen molar-refractivity contribution in [2.45, 2.75) is 19.0 Å². The number of carboxylic acid groups (broad SMARTS) is 1. The van der Waals surface area contributed by atoms with Gasteiger partial charge >= 0.3 is 18.2 Å². The lowest BCUT2D eigenvalue weighted by Crippen LogP contribution is -2.35. The summed E-state index contributed by atoms with van der Waals surface area (Å²) in [5.74, 6) is -5.50. The minimum atomic E-state index is -4.71. The number of benzene rings is 1. The number of nitrogens with one attached hydrogen (secondary N) is 1. The van der Waals surface area contributed by atoms with E-state index in [-0.39, 0.29) is 5.91 Å². The van der Waals surface area contributed by atoms with Gasteiger partial charge in [0.05, 0.1) is 23.2 Å². The third kappa shape index (κ3) is 3.83. The molecule has 10 heteroatoms. The Morgan fingerprint density at radius 3 is 2.44 bits per heavy atom. The Kier molecular flexibility index (Phi) is 4.99. The van der Waals surface area contributed by atoms with Gasteiger partial charge in [-0.1, -0.05) is 12.1 Å². The van der Waals surface area contributed by atoms with Crippen LogP contribution in [0.1, 0.15) is 12.8 Å². The Hall–Kier alpha value is -2.78. The predicted octanol–water partition coefficient (Wildman–Crippen LogP) is 2.54. The number of hydrogen-bond acceptors (Lipinski definition) is 3. The highest BCUT2D eigenvalue weighted by atomic mass is 19.4. The van der Waals surface area contributed by atoms with Gasteiger partial charge < -0.3 is 20.2 Å². The molecule has 27 heavy (non-hydrogen) atoms. The maximum absolute atomic E-state index is 13.1. The van der Waals surface area contributed by atoms with Gasteiger partial charge in [0.2, 0.25) is 5.91 Å². The van der Waals surface area contributed by atoms with E-state index >= 15 is 0 Å². The first-order chi connectivity index (χ1) is 12.7. The number of hydrogen-bond donors (Lipinski definition) is 2. The Morgan fingerprint density at radius 1 is 1.19 bits per heavy atom. The Labute approximate surface area is 152 Å². The fourth-order valence-electron chi connectivity index (χ4n) is 3.46. The minimum absolute atomic E-state index is 0.0963. The second kappa shape index (κ2) is 7.09. The molecule has 7 nitrogen and oxygen atoms in total. The van der Waals surface area contributed by atoms with Crippen molar-refractivity contribution >= 4 is 29.3 Å². The highest BCUT2D eigenvalue weighted by molar-refractivity contribution is 6.01. The predicted molar refractivity (Wildman–Crippen MR) is 89.3 cm³/mol. The molecular weight excluding hydrogens is 367 g/mol. The molecule has 0 saturated carbocycles. The standard InChI is InChI=1S/C17H18F3N3O4/c18-17(19,20)11-9-22(8-10(11)15(25)26)16(27)21-12-4-1-2-5-13(12)23-7-3-6-14(23)24/h1-2,4-5,10-11H,3,6-9H2,(H,21,27)(H,25,26)/t10-,11-/m1/s1. The first-order valence-electron chi connectivity index (χ1n) is 8.43. The van der Waals surface area contributed by atoms with E-state index < -0.39 is 43.1 Å². The number of carbonyl (C=O) groups is 3. The smallest absolute Gasteiger partial charge is 0.394 e. The summed E-state index contributed by atoms with van der Waals surface area (Å²) < 4.78 is 39.2. The molecule has 0 radical (unpaired) electrons. The second-order valence-electron chi connectivity index (χ2n) is 6.59. The van der Waals surface area contributed by atoms with Crippen molar-refractivity contribution in [1.29, 1.82) is 0 Å². The highest BCUT2D eigenvalue weighted by Crippen LogP contribution is 2.38. The van der Waals surface area contributed by atoms with Crippen molar-refractivity contribution in [1.82, 2.24) is 4.90 Å². The van der Waals surface area contributed by atoms with E-state index in [1.807, 2.05) is 0 Å². The van der Waals surface area contributed by atoms with Crippen molar-refractivity contribution in [2.24, 2.45) is 11.8 Å². The number of rotatable bonds is 3. The number of urea groups is 1. The SMILES string of the molecule is O=C(O)[C@@H]1CN(C(=O)Nc2ccccc2N2CCCC2=O)C[C@H]1C(F)(F)F. The Balaban J connectivity index is 1.77. The van der Waals surface area contributed by atoms with Gasteiger partial charge in [0.15, 0.2) is 0 Å². The zero-order chi connectivity index (χ0) is 19.8. The van der Waals surface area contributed by atoms with E-state index in [9.17, 15) is 27.6 Å². The number of halogens is 3. The molecule has 2 N–H and O–H groups in total. The summed E-state index contributed by atoms with van der Waals surface area (Å²) in [5.41, 5.74) is 0.759. The number of nitrogens with zero attached hydrogens (tertiary/aromatic N) is 2. The first-order valence-corrected chi connectivity index (χ1v) is 8.43. The lowest BCUT2D eigenvalue weighted by molar-refractivity contribution is -0.187. The minimum Gasteiger partial charge on any atom is -0.481 e. The largest absolute Gasteiger partial charge is 0.481 e. The molecule has 0 spiro atoms. The van der Waals surface area contributed by atoms with Crippen LogP contribution in [0.3, 0.4) is 0 Å². The molecule has 0 unspecified atom stereocenters. The maximum atomic E-state index is 13.1. The van der Waals surface area contributed by atoms with E-state index in [0.717, 1.165) is 4.90 Å².